The number of hydrogen-bond donors (Lipinski definition) is 1. The smallest absolute Gasteiger partial charge is 0.336 e. The van der Waals surface area contributed by atoms with E-state index in [-0.39, 0.29) is 6.61 Å². The lowest BCUT2D eigenvalue weighted by atomic mass is 9.80. The Labute approximate surface area is 122 Å². The molecule has 1 saturated heterocycles. The van der Waals surface area contributed by atoms with E-state index in [4.69, 9.17) is 9.47 Å². The molecule has 1 heterocycles. The molecule has 1 atom stereocenters. The average molecular weight is 284 g/mol. The summed E-state index contributed by atoms with van der Waals surface area (Å²) in [6.07, 6.45) is -1.07. The van der Waals surface area contributed by atoms with Crippen molar-refractivity contribution >= 4 is 5.97 Å². The number of aliphatic carboxylic acids is 1. The number of hydrogen-bond acceptors (Lipinski definition) is 3. The lowest BCUT2D eigenvalue weighted by Gasteiger charge is -2.42. The van der Waals surface area contributed by atoms with Gasteiger partial charge in [-0.1, -0.05) is 60.7 Å². The molecule has 4 nitrogen and oxygen atoms in total. The van der Waals surface area contributed by atoms with Gasteiger partial charge in [0.1, 0.15) is 0 Å². The first-order valence-electron chi connectivity index (χ1n) is 6.84. The van der Waals surface area contributed by atoms with Crippen molar-refractivity contribution in [3.63, 3.8) is 0 Å². The van der Waals surface area contributed by atoms with Gasteiger partial charge in [-0.15, -0.1) is 0 Å². The van der Waals surface area contributed by atoms with Crippen LogP contribution in [0.25, 0.3) is 0 Å². The second-order valence-corrected chi connectivity index (χ2v) is 4.91. The fourth-order valence-corrected chi connectivity index (χ4v) is 2.81. The third-order valence-electron chi connectivity index (χ3n) is 3.70. The molecule has 4 heteroatoms. The Morgan fingerprint density at radius 1 is 0.952 bits per heavy atom. The summed E-state index contributed by atoms with van der Waals surface area (Å²) < 4.78 is 11.5. The van der Waals surface area contributed by atoms with Gasteiger partial charge in [0.05, 0.1) is 13.2 Å². The highest BCUT2D eigenvalue weighted by Gasteiger charge is 2.50. The van der Waals surface area contributed by atoms with Crippen LogP contribution < -0.4 is 0 Å². The highest BCUT2D eigenvalue weighted by atomic mass is 16.6. The minimum atomic E-state index is -1.12. The molecule has 1 aliphatic heterocycles. The molecule has 1 fully saturated rings. The van der Waals surface area contributed by atoms with E-state index in [1.165, 1.54) is 0 Å². The molecule has 0 amide bonds. The zero-order valence-corrected chi connectivity index (χ0v) is 11.4. The highest BCUT2D eigenvalue weighted by Crippen LogP contribution is 2.40. The van der Waals surface area contributed by atoms with Crippen LogP contribution in [-0.2, 0) is 19.9 Å². The largest absolute Gasteiger partial charge is 0.479 e. The molecular weight excluding hydrogens is 268 g/mol. The van der Waals surface area contributed by atoms with Crippen LogP contribution in [0.2, 0.25) is 0 Å². The molecule has 0 saturated carbocycles. The van der Waals surface area contributed by atoms with Gasteiger partial charge in [-0.25, -0.2) is 4.79 Å². The lowest BCUT2D eigenvalue weighted by Crippen LogP contribution is -2.53. The first-order chi connectivity index (χ1) is 10.2. The summed E-state index contributed by atoms with van der Waals surface area (Å²) in [5, 5.41) is 9.59. The fraction of sp³-hybridized carbons (Fsp3) is 0.235. The Kier molecular flexibility index (Phi) is 3.73. The lowest BCUT2D eigenvalue weighted by molar-refractivity contribution is -0.206. The van der Waals surface area contributed by atoms with E-state index in [0.717, 1.165) is 11.1 Å². The van der Waals surface area contributed by atoms with Crippen molar-refractivity contribution in [2.24, 2.45) is 0 Å². The molecular formula is C17H16O4. The van der Waals surface area contributed by atoms with Crippen LogP contribution in [0.1, 0.15) is 11.1 Å². The number of carbonyl (C=O) groups is 1. The molecule has 0 aromatic heterocycles. The molecule has 0 radical (unpaired) electrons. The summed E-state index contributed by atoms with van der Waals surface area (Å²) in [6, 6.07) is 18.8. The molecule has 0 spiro atoms. The fourth-order valence-electron chi connectivity index (χ4n) is 2.81. The topological polar surface area (TPSA) is 55.8 Å². The van der Waals surface area contributed by atoms with Crippen LogP contribution in [0.15, 0.2) is 60.7 Å². The van der Waals surface area contributed by atoms with Crippen LogP contribution in [0.5, 0.6) is 0 Å². The molecule has 1 unspecified atom stereocenters. The predicted molar refractivity (Wildman–Crippen MR) is 77.0 cm³/mol. The minimum Gasteiger partial charge on any atom is -0.479 e. The molecule has 3 rings (SSSR count). The van der Waals surface area contributed by atoms with Gasteiger partial charge in [0.25, 0.3) is 0 Å². The van der Waals surface area contributed by atoms with Crippen molar-refractivity contribution in [3.8, 4) is 0 Å². The summed E-state index contributed by atoms with van der Waals surface area (Å²) in [5.74, 6) is -1.03. The number of carboxylic acids is 1. The molecule has 21 heavy (non-hydrogen) atoms. The molecule has 2 aromatic carbocycles. The van der Waals surface area contributed by atoms with Gasteiger partial charge in [-0.2, -0.15) is 0 Å². The normalized spacial score (nSPS) is 20.9. The Morgan fingerprint density at radius 2 is 1.48 bits per heavy atom. The summed E-state index contributed by atoms with van der Waals surface area (Å²) in [7, 11) is 0. The predicted octanol–water partition coefficient (Wildman–Crippen LogP) is 2.43. The van der Waals surface area contributed by atoms with Gasteiger partial charge in [0, 0.05) is 0 Å². The van der Waals surface area contributed by atoms with Crippen LogP contribution in [-0.4, -0.2) is 30.4 Å². The summed E-state index contributed by atoms with van der Waals surface area (Å²) >= 11 is 0. The Bertz CT molecular complexity index is 570. The zero-order valence-electron chi connectivity index (χ0n) is 11.4. The average Bonchev–Trinajstić information content (AvgIpc) is 2.56. The van der Waals surface area contributed by atoms with Gasteiger partial charge in [0.2, 0.25) is 0 Å². The quantitative estimate of drug-likeness (QED) is 0.940. The molecule has 2 aromatic rings. The van der Waals surface area contributed by atoms with Crippen LogP contribution in [0, 0.1) is 0 Å². The number of ether oxygens (including phenoxy) is 2. The second kappa shape index (κ2) is 5.68. The van der Waals surface area contributed by atoms with E-state index >= 15 is 0 Å². The zero-order chi connectivity index (χ0) is 14.7. The van der Waals surface area contributed by atoms with Gasteiger partial charge in [-0.05, 0) is 11.1 Å². The van der Waals surface area contributed by atoms with Gasteiger partial charge >= 0.3 is 5.97 Å². The van der Waals surface area contributed by atoms with Crippen molar-refractivity contribution in [2.45, 2.75) is 11.7 Å². The monoisotopic (exact) mass is 284 g/mol. The summed E-state index contributed by atoms with van der Waals surface area (Å²) in [4.78, 5) is 11.7. The maximum atomic E-state index is 11.7. The van der Waals surface area contributed by atoms with Crippen molar-refractivity contribution < 1.29 is 19.4 Å². The maximum absolute atomic E-state index is 11.7. The van der Waals surface area contributed by atoms with Crippen molar-refractivity contribution in [3.05, 3.63) is 71.8 Å². The van der Waals surface area contributed by atoms with E-state index in [0.29, 0.717) is 6.61 Å². The van der Waals surface area contributed by atoms with Crippen LogP contribution in [0.4, 0.5) is 0 Å². The third-order valence-corrected chi connectivity index (χ3v) is 3.70. The first-order valence-corrected chi connectivity index (χ1v) is 6.84. The van der Waals surface area contributed by atoms with E-state index in [1.807, 2.05) is 60.7 Å². The highest BCUT2D eigenvalue weighted by molar-refractivity contribution is 5.76. The number of rotatable bonds is 3. The van der Waals surface area contributed by atoms with Crippen molar-refractivity contribution in [2.75, 3.05) is 13.2 Å². The molecule has 1 aliphatic rings. The van der Waals surface area contributed by atoms with Crippen LogP contribution >= 0.6 is 0 Å². The van der Waals surface area contributed by atoms with E-state index in [1.54, 1.807) is 0 Å². The summed E-state index contributed by atoms with van der Waals surface area (Å²) in [5.41, 5.74) is 0.443. The molecule has 0 aliphatic carbocycles. The minimum absolute atomic E-state index is 0.276. The van der Waals surface area contributed by atoms with Gasteiger partial charge in [-0.3, -0.25) is 0 Å². The van der Waals surface area contributed by atoms with Gasteiger partial charge < -0.3 is 14.6 Å². The van der Waals surface area contributed by atoms with E-state index < -0.39 is 17.7 Å². The van der Waals surface area contributed by atoms with Crippen molar-refractivity contribution in [1.82, 2.24) is 0 Å². The molecule has 108 valence electrons. The van der Waals surface area contributed by atoms with Crippen molar-refractivity contribution in [1.29, 1.82) is 0 Å². The third kappa shape index (κ3) is 2.33. The Hall–Kier alpha value is -2.17. The SMILES string of the molecule is O=C(O)C1OCCOC1(c1ccccc1)c1ccccc1. The van der Waals surface area contributed by atoms with E-state index in [2.05, 4.69) is 0 Å². The van der Waals surface area contributed by atoms with Gasteiger partial charge in [0.15, 0.2) is 11.7 Å². The van der Waals surface area contributed by atoms with Crippen LogP contribution in [0.3, 0.4) is 0 Å². The Balaban J connectivity index is 2.21. The summed E-state index contributed by atoms with van der Waals surface area (Å²) in [6.45, 7) is 0.631. The standard InChI is InChI=1S/C17H16O4/c18-16(19)15-17(21-12-11-20-15,13-7-3-1-4-8-13)14-9-5-2-6-10-14/h1-10,15H,11-12H2,(H,18,19). The Morgan fingerprint density at radius 3 is 1.95 bits per heavy atom. The second-order valence-electron chi connectivity index (χ2n) is 4.91. The maximum Gasteiger partial charge on any atom is 0.336 e. The number of carboxylic acid groups (broad SMARTS) is 1. The van der Waals surface area contributed by atoms with E-state index in [9.17, 15) is 9.90 Å². The first kappa shape index (κ1) is 13.8. The number of benzene rings is 2. The molecule has 1 N–H and O–H groups in total. The molecule has 0 bridgehead atoms.